The molecule has 1 saturated heterocycles. The average Bonchev–Trinajstić information content (AvgIpc) is 2.95. The molecule has 1 aliphatic rings. The summed E-state index contributed by atoms with van der Waals surface area (Å²) in [5.41, 5.74) is 2.79. The molecule has 1 aromatic heterocycles. The summed E-state index contributed by atoms with van der Waals surface area (Å²) in [4.78, 5) is 16.8. The molecule has 0 radical (unpaired) electrons. The molecule has 1 fully saturated rings. The quantitative estimate of drug-likeness (QED) is 0.805. The molecule has 2 aromatic rings. The van der Waals surface area contributed by atoms with Gasteiger partial charge in [0.15, 0.2) is 5.69 Å². The molecule has 0 bridgehead atoms. The summed E-state index contributed by atoms with van der Waals surface area (Å²) in [7, 11) is 3.74. The van der Waals surface area contributed by atoms with Gasteiger partial charge in [0.25, 0.3) is 5.91 Å². The number of carbonyl (C=O) groups is 1. The van der Waals surface area contributed by atoms with E-state index in [-0.39, 0.29) is 5.91 Å². The Morgan fingerprint density at radius 1 is 1.31 bits per heavy atom. The Morgan fingerprint density at radius 2 is 2.04 bits per heavy atom. The highest BCUT2D eigenvalue weighted by Crippen LogP contribution is 2.21. The highest BCUT2D eigenvalue weighted by atomic mass is 35.5. The van der Waals surface area contributed by atoms with E-state index in [0.29, 0.717) is 11.6 Å². The summed E-state index contributed by atoms with van der Waals surface area (Å²) >= 11 is 6.07. The minimum absolute atomic E-state index is 0.00931. The highest BCUT2D eigenvalue weighted by Gasteiger charge is 2.23. The fourth-order valence-corrected chi connectivity index (χ4v) is 3.76. The molecular formula is C20H27ClN4O. The molecule has 26 heavy (non-hydrogen) atoms. The second kappa shape index (κ2) is 8.23. The van der Waals surface area contributed by atoms with E-state index in [2.05, 4.69) is 16.1 Å². The zero-order chi connectivity index (χ0) is 18.7. The van der Waals surface area contributed by atoms with Crippen molar-refractivity contribution in [3.05, 3.63) is 52.3 Å². The van der Waals surface area contributed by atoms with Crippen LogP contribution in [-0.2, 0) is 13.6 Å². The van der Waals surface area contributed by atoms with Crippen LogP contribution in [0.3, 0.4) is 0 Å². The maximum Gasteiger partial charge on any atom is 0.274 e. The van der Waals surface area contributed by atoms with Crippen molar-refractivity contribution in [2.45, 2.75) is 26.3 Å². The molecule has 0 spiro atoms. The van der Waals surface area contributed by atoms with Gasteiger partial charge >= 0.3 is 0 Å². The first-order chi connectivity index (χ1) is 12.4. The summed E-state index contributed by atoms with van der Waals surface area (Å²) < 4.78 is 1.75. The van der Waals surface area contributed by atoms with Gasteiger partial charge in [-0.05, 0) is 62.5 Å². The largest absolute Gasteiger partial charge is 0.340 e. The lowest BCUT2D eigenvalue weighted by Crippen LogP contribution is -2.39. The summed E-state index contributed by atoms with van der Waals surface area (Å²) in [6.07, 6.45) is 2.22. The number of benzene rings is 1. The summed E-state index contributed by atoms with van der Waals surface area (Å²) in [5.74, 6) is 0.555. The van der Waals surface area contributed by atoms with Gasteiger partial charge in [-0.15, -0.1) is 0 Å². The summed E-state index contributed by atoms with van der Waals surface area (Å²) in [6, 6.07) is 9.93. The van der Waals surface area contributed by atoms with Crippen molar-refractivity contribution in [1.29, 1.82) is 0 Å². The van der Waals surface area contributed by atoms with E-state index in [1.165, 1.54) is 5.56 Å². The van der Waals surface area contributed by atoms with Gasteiger partial charge in [-0.3, -0.25) is 14.4 Å². The maximum absolute atomic E-state index is 12.5. The lowest BCUT2D eigenvalue weighted by Gasteiger charge is -2.33. The van der Waals surface area contributed by atoms with E-state index >= 15 is 0 Å². The Kier molecular flexibility index (Phi) is 5.99. The lowest BCUT2D eigenvalue weighted by atomic mass is 9.96. The fraction of sp³-hybridized carbons (Fsp3) is 0.500. The Morgan fingerprint density at radius 3 is 2.65 bits per heavy atom. The van der Waals surface area contributed by atoms with E-state index in [0.717, 1.165) is 49.7 Å². The zero-order valence-electron chi connectivity index (χ0n) is 15.8. The SMILES string of the molecule is Cc1cc(C(=O)N(C)CC2CCN(Cc3cccc(Cl)c3)CC2)nn1C. The van der Waals surface area contributed by atoms with Gasteiger partial charge in [0.1, 0.15) is 0 Å². The van der Waals surface area contributed by atoms with Gasteiger partial charge in [0.2, 0.25) is 0 Å². The van der Waals surface area contributed by atoms with Crippen LogP contribution >= 0.6 is 11.6 Å². The van der Waals surface area contributed by atoms with Gasteiger partial charge in [-0.2, -0.15) is 5.10 Å². The van der Waals surface area contributed by atoms with Crippen LogP contribution < -0.4 is 0 Å². The highest BCUT2D eigenvalue weighted by molar-refractivity contribution is 6.30. The zero-order valence-corrected chi connectivity index (χ0v) is 16.5. The van der Waals surface area contributed by atoms with Crippen molar-refractivity contribution in [2.75, 3.05) is 26.7 Å². The van der Waals surface area contributed by atoms with Crippen molar-refractivity contribution in [1.82, 2.24) is 19.6 Å². The molecule has 1 amide bonds. The lowest BCUT2D eigenvalue weighted by molar-refractivity contribution is 0.0731. The summed E-state index contributed by atoms with van der Waals surface area (Å²) in [5, 5.41) is 5.09. The molecular weight excluding hydrogens is 348 g/mol. The Balaban J connectivity index is 1.48. The maximum atomic E-state index is 12.5. The first-order valence-electron chi connectivity index (χ1n) is 9.15. The number of rotatable bonds is 5. The molecule has 0 aliphatic carbocycles. The molecule has 3 rings (SSSR count). The Bertz CT molecular complexity index is 745. The Labute approximate surface area is 160 Å². The second-order valence-corrected chi connectivity index (χ2v) is 7.77. The second-order valence-electron chi connectivity index (χ2n) is 7.33. The van der Waals surface area contributed by atoms with Crippen molar-refractivity contribution in [3.63, 3.8) is 0 Å². The minimum atomic E-state index is 0.00931. The van der Waals surface area contributed by atoms with Crippen LogP contribution in [0.5, 0.6) is 0 Å². The van der Waals surface area contributed by atoms with Gasteiger partial charge in [0.05, 0.1) is 0 Å². The molecule has 1 aliphatic heterocycles. The van der Waals surface area contributed by atoms with E-state index < -0.39 is 0 Å². The molecule has 0 saturated carbocycles. The van der Waals surface area contributed by atoms with Gasteiger partial charge in [-0.25, -0.2) is 0 Å². The molecule has 0 N–H and O–H groups in total. The summed E-state index contributed by atoms with van der Waals surface area (Å²) in [6.45, 7) is 5.80. The standard InChI is InChI=1S/C20H27ClN4O/c1-15-11-19(22-24(15)3)20(26)23(2)13-16-7-9-25(10-8-16)14-17-5-4-6-18(21)12-17/h4-6,11-12,16H,7-10,13-14H2,1-3H3. The van der Waals surface area contributed by atoms with E-state index in [9.17, 15) is 4.79 Å². The number of piperidine rings is 1. The number of hydrogen-bond acceptors (Lipinski definition) is 3. The van der Waals surface area contributed by atoms with Crippen LogP contribution in [0, 0.1) is 12.8 Å². The number of hydrogen-bond donors (Lipinski definition) is 0. The van der Waals surface area contributed by atoms with Gasteiger partial charge in [-0.1, -0.05) is 23.7 Å². The minimum Gasteiger partial charge on any atom is -0.340 e. The van der Waals surface area contributed by atoms with Crippen LogP contribution in [0.25, 0.3) is 0 Å². The molecule has 0 unspecified atom stereocenters. The van der Waals surface area contributed by atoms with Crippen LogP contribution in [0.15, 0.2) is 30.3 Å². The topological polar surface area (TPSA) is 41.4 Å². The first kappa shape index (κ1) is 18.9. The third kappa shape index (κ3) is 4.65. The molecule has 5 nitrogen and oxygen atoms in total. The van der Waals surface area contributed by atoms with Crippen molar-refractivity contribution >= 4 is 17.5 Å². The van der Waals surface area contributed by atoms with E-state index in [1.807, 2.05) is 50.2 Å². The normalized spacial score (nSPS) is 16.0. The molecule has 6 heteroatoms. The van der Waals surface area contributed by atoms with Crippen molar-refractivity contribution in [3.8, 4) is 0 Å². The number of carbonyl (C=O) groups excluding carboxylic acids is 1. The third-order valence-corrected chi connectivity index (χ3v) is 5.45. The molecule has 2 heterocycles. The number of halogens is 1. The molecule has 0 atom stereocenters. The average molecular weight is 375 g/mol. The molecule has 140 valence electrons. The number of likely N-dealkylation sites (tertiary alicyclic amines) is 1. The van der Waals surface area contributed by atoms with Crippen LogP contribution in [-0.4, -0.2) is 52.2 Å². The number of aromatic nitrogens is 2. The van der Waals surface area contributed by atoms with Gasteiger partial charge in [0, 0.05) is 37.9 Å². The van der Waals surface area contributed by atoms with E-state index in [4.69, 9.17) is 11.6 Å². The van der Waals surface area contributed by atoms with Crippen LogP contribution in [0.1, 0.15) is 34.6 Å². The van der Waals surface area contributed by atoms with Crippen LogP contribution in [0.2, 0.25) is 5.02 Å². The molecule has 1 aromatic carbocycles. The number of aryl methyl sites for hydroxylation is 2. The monoisotopic (exact) mass is 374 g/mol. The number of amides is 1. The third-order valence-electron chi connectivity index (χ3n) is 5.21. The van der Waals surface area contributed by atoms with Crippen molar-refractivity contribution < 1.29 is 4.79 Å². The first-order valence-corrected chi connectivity index (χ1v) is 9.53. The fourth-order valence-electron chi connectivity index (χ4n) is 3.55. The Hall–Kier alpha value is -1.85. The van der Waals surface area contributed by atoms with Gasteiger partial charge < -0.3 is 4.90 Å². The number of nitrogens with zero attached hydrogens (tertiary/aromatic N) is 4. The van der Waals surface area contributed by atoms with E-state index in [1.54, 1.807) is 4.68 Å². The predicted molar refractivity (Wildman–Crippen MR) is 104 cm³/mol. The predicted octanol–water partition coefficient (Wildman–Crippen LogP) is 3.37. The smallest absolute Gasteiger partial charge is 0.274 e. The van der Waals surface area contributed by atoms with Crippen LogP contribution in [0.4, 0.5) is 0 Å². The van der Waals surface area contributed by atoms with Crippen molar-refractivity contribution in [2.24, 2.45) is 13.0 Å².